The van der Waals surface area contributed by atoms with Gasteiger partial charge in [-0.15, -0.1) is 0 Å². The number of methoxy groups -OCH3 is 1. The number of aromatic nitrogens is 2. The van der Waals surface area contributed by atoms with Crippen molar-refractivity contribution < 1.29 is 19.1 Å². The zero-order valence-corrected chi connectivity index (χ0v) is 17.1. The summed E-state index contributed by atoms with van der Waals surface area (Å²) in [6.07, 6.45) is 4.65. The number of fused-ring (bicyclic) bond motifs is 1. The summed E-state index contributed by atoms with van der Waals surface area (Å²) in [6, 6.07) is 10.8. The molecule has 2 fully saturated rings. The number of rotatable bonds is 4. The van der Waals surface area contributed by atoms with Crippen LogP contribution in [-0.4, -0.2) is 69.6 Å². The van der Waals surface area contributed by atoms with Crippen LogP contribution in [0.15, 0.2) is 48.8 Å². The Balaban J connectivity index is 1.38. The van der Waals surface area contributed by atoms with E-state index in [1.54, 1.807) is 34.2 Å². The van der Waals surface area contributed by atoms with E-state index in [4.69, 9.17) is 4.74 Å². The molecule has 3 heterocycles. The highest BCUT2D eigenvalue weighted by molar-refractivity contribution is 6.45. The lowest BCUT2D eigenvalue weighted by atomic mass is 10.0. The minimum absolute atomic E-state index is 0.0438. The summed E-state index contributed by atoms with van der Waals surface area (Å²) in [6.45, 7) is 1.17. The number of amides is 2. The quantitative estimate of drug-likeness (QED) is 0.518. The van der Waals surface area contributed by atoms with Gasteiger partial charge in [0.1, 0.15) is 11.4 Å². The van der Waals surface area contributed by atoms with Crippen LogP contribution in [0.3, 0.4) is 0 Å². The fraction of sp³-hybridized carbons (Fsp3) is 0.304. The Hall–Kier alpha value is -3.68. The van der Waals surface area contributed by atoms with Crippen LogP contribution in [0.25, 0.3) is 11.0 Å². The molecule has 0 radical (unpaired) electrons. The van der Waals surface area contributed by atoms with Crippen molar-refractivity contribution in [3.63, 3.8) is 0 Å². The maximum atomic E-state index is 13.2. The molecule has 2 aliphatic rings. The van der Waals surface area contributed by atoms with Crippen LogP contribution in [-0.2, 0) is 4.79 Å². The van der Waals surface area contributed by atoms with Crippen molar-refractivity contribution in [2.24, 2.45) is 0 Å². The Labute approximate surface area is 178 Å². The molecule has 1 aromatic carbocycles. The van der Waals surface area contributed by atoms with Crippen molar-refractivity contribution in [2.45, 2.75) is 18.4 Å². The number of Topliss-reactive ketones (excluding diaryl/α,β-unsaturated/α-hetero) is 1. The normalized spacial score (nSPS) is 17.1. The van der Waals surface area contributed by atoms with Crippen LogP contribution in [0.2, 0.25) is 0 Å². The molecule has 8 heteroatoms. The van der Waals surface area contributed by atoms with Crippen molar-refractivity contribution in [3.05, 3.63) is 59.9 Å². The molecule has 0 unspecified atom stereocenters. The van der Waals surface area contributed by atoms with E-state index >= 15 is 0 Å². The molecule has 5 rings (SSSR count). The van der Waals surface area contributed by atoms with Crippen molar-refractivity contribution in [2.75, 3.05) is 26.7 Å². The number of nitrogens with zero attached hydrogens (tertiary/aromatic N) is 3. The van der Waals surface area contributed by atoms with E-state index in [0.29, 0.717) is 42.0 Å². The number of pyridine rings is 1. The Kier molecular flexibility index (Phi) is 4.50. The van der Waals surface area contributed by atoms with Crippen LogP contribution >= 0.6 is 0 Å². The third kappa shape index (κ3) is 3.15. The predicted molar refractivity (Wildman–Crippen MR) is 113 cm³/mol. The second-order valence-corrected chi connectivity index (χ2v) is 8.04. The summed E-state index contributed by atoms with van der Waals surface area (Å²) in [4.78, 5) is 49.9. The number of nitrogens with one attached hydrogen (secondary N) is 1. The molecular weight excluding hydrogens is 396 g/mol. The Morgan fingerprint density at radius 3 is 2.58 bits per heavy atom. The Bertz CT molecular complexity index is 1180. The molecule has 2 amide bonds. The number of ketones is 1. The molecule has 0 atom stereocenters. The van der Waals surface area contributed by atoms with Crippen molar-refractivity contribution in [1.82, 2.24) is 19.8 Å². The van der Waals surface area contributed by atoms with Gasteiger partial charge in [-0.3, -0.25) is 14.4 Å². The second kappa shape index (κ2) is 7.23. The van der Waals surface area contributed by atoms with E-state index in [9.17, 15) is 14.4 Å². The summed E-state index contributed by atoms with van der Waals surface area (Å²) >= 11 is 0. The lowest BCUT2D eigenvalue weighted by Crippen LogP contribution is -2.59. The molecule has 1 aliphatic heterocycles. The van der Waals surface area contributed by atoms with Gasteiger partial charge in [0.15, 0.2) is 0 Å². The summed E-state index contributed by atoms with van der Waals surface area (Å²) in [5.41, 5.74) is 0.926. The zero-order valence-electron chi connectivity index (χ0n) is 17.1. The number of carbonyl (C=O) groups is 3. The molecule has 2 aromatic heterocycles. The zero-order chi connectivity index (χ0) is 21.6. The van der Waals surface area contributed by atoms with Gasteiger partial charge in [0, 0.05) is 37.6 Å². The van der Waals surface area contributed by atoms with Crippen LogP contribution in [0.4, 0.5) is 0 Å². The number of H-pyrrole nitrogens is 1. The number of hydrogen-bond acceptors (Lipinski definition) is 5. The van der Waals surface area contributed by atoms with Crippen LogP contribution in [0.5, 0.6) is 5.75 Å². The number of aromatic amines is 1. The first-order chi connectivity index (χ1) is 15.0. The topological polar surface area (TPSA) is 95.6 Å². The average molecular weight is 418 g/mol. The van der Waals surface area contributed by atoms with Crippen molar-refractivity contribution >= 4 is 28.6 Å². The number of piperazine rings is 1. The molecule has 1 aliphatic carbocycles. The van der Waals surface area contributed by atoms with Crippen molar-refractivity contribution in [3.8, 4) is 5.75 Å². The largest absolute Gasteiger partial charge is 0.496 e. The highest BCUT2D eigenvalue weighted by Gasteiger charge is 2.55. The predicted octanol–water partition coefficient (Wildman–Crippen LogP) is 2.27. The summed E-state index contributed by atoms with van der Waals surface area (Å²) in [5.74, 6) is -0.692. The SMILES string of the molecule is COc1ccnc2[nH]cc(C(=O)C(=O)N3CCN(C(=O)c4ccccc4)CC34CC4)c12. The number of benzene rings is 1. The third-order valence-corrected chi connectivity index (χ3v) is 6.23. The monoisotopic (exact) mass is 418 g/mol. The molecular formula is C23H22N4O4. The maximum absolute atomic E-state index is 13.2. The van der Waals surface area contributed by atoms with Crippen LogP contribution in [0, 0.1) is 0 Å². The summed E-state index contributed by atoms with van der Waals surface area (Å²) < 4.78 is 5.36. The number of carbonyl (C=O) groups excluding carboxylic acids is 3. The van der Waals surface area contributed by atoms with Gasteiger partial charge in [0.25, 0.3) is 17.6 Å². The fourth-order valence-corrected chi connectivity index (χ4v) is 4.42. The lowest BCUT2D eigenvalue weighted by Gasteiger charge is -2.41. The van der Waals surface area contributed by atoms with Gasteiger partial charge in [-0.05, 0) is 31.0 Å². The van der Waals surface area contributed by atoms with E-state index in [1.807, 2.05) is 18.2 Å². The molecule has 3 aromatic rings. The molecule has 0 bridgehead atoms. The number of ether oxygens (including phenoxy) is 1. The van der Waals surface area contributed by atoms with Gasteiger partial charge >= 0.3 is 0 Å². The van der Waals surface area contributed by atoms with E-state index in [0.717, 1.165) is 12.8 Å². The second-order valence-electron chi connectivity index (χ2n) is 8.04. The van der Waals surface area contributed by atoms with Gasteiger partial charge in [-0.2, -0.15) is 0 Å². The first kappa shape index (κ1) is 19.3. The van der Waals surface area contributed by atoms with Gasteiger partial charge in [-0.1, -0.05) is 18.2 Å². The number of hydrogen-bond donors (Lipinski definition) is 1. The Morgan fingerprint density at radius 2 is 1.87 bits per heavy atom. The average Bonchev–Trinajstić information content (AvgIpc) is 3.43. The van der Waals surface area contributed by atoms with Gasteiger partial charge in [0.05, 0.1) is 23.6 Å². The standard InChI is InChI=1S/C23H22N4O4/c1-31-17-7-10-24-20-18(17)16(13-25-20)19(28)22(30)27-12-11-26(14-23(27)8-9-23)21(29)15-5-3-2-4-6-15/h2-7,10,13H,8-9,11-12,14H2,1H3,(H,24,25). The van der Waals surface area contributed by atoms with Gasteiger partial charge < -0.3 is 19.5 Å². The molecule has 1 saturated carbocycles. The smallest absolute Gasteiger partial charge is 0.295 e. The first-order valence-corrected chi connectivity index (χ1v) is 10.2. The minimum atomic E-state index is -0.591. The highest BCUT2D eigenvalue weighted by Crippen LogP contribution is 2.45. The van der Waals surface area contributed by atoms with Crippen LogP contribution in [0.1, 0.15) is 33.6 Å². The summed E-state index contributed by atoms with van der Waals surface area (Å²) in [5, 5.41) is 0.506. The molecule has 31 heavy (non-hydrogen) atoms. The van der Waals surface area contributed by atoms with Crippen molar-refractivity contribution in [1.29, 1.82) is 0 Å². The van der Waals surface area contributed by atoms with E-state index < -0.39 is 17.2 Å². The van der Waals surface area contributed by atoms with E-state index in [-0.39, 0.29) is 11.5 Å². The van der Waals surface area contributed by atoms with Gasteiger partial charge in [0.2, 0.25) is 0 Å². The molecule has 1 saturated heterocycles. The molecule has 1 N–H and O–H groups in total. The van der Waals surface area contributed by atoms with E-state index in [1.165, 1.54) is 13.3 Å². The molecule has 158 valence electrons. The van der Waals surface area contributed by atoms with E-state index in [2.05, 4.69) is 9.97 Å². The summed E-state index contributed by atoms with van der Waals surface area (Å²) in [7, 11) is 1.51. The molecule has 8 nitrogen and oxygen atoms in total. The fourth-order valence-electron chi connectivity index (χ4n) is 4.42. The first-order valence-electron chi connectivity index (χ1n) is 10.2. The maximum Gasteiger partial charge on any atom is 0.295 e. The van der Waals surface area contributed by atoms with Gasteiger partial charge in [-0.25, -0.2) is 4.98 Å². The molecule has 1 spiro atoms. The Morgan fingerprint density at radius 1 is 1.10 bits per heavy atom. The third-order valence-electron chi connectivity index (χ3n) is 6.23. The lowest BCUT2D eigenvalue weighted by molar-refractivity contribution is -0.131. The van der Waals surface area contributed by atoms with Crippen LogP contribution < -0.4 is 4.74 Å². The highest BCUT2D eigenvalue weighted by atomic mass is 16.5. The minimum Gasteiger partial charge on any atom is -0.496 e.